The highest BCUT2D eigenvalue weighted by molar-refractivity contribution is 6.36. The molecule has 3 aromatic rings. The fraction of sp³-hybridized carbons (Fsp3) is 0.333. The van der Waals surface area contributed by atoms with Crippen LogP contribution in [0.5, 0.6) is 0 Å². The molecule has 146 valence electrons. The van der Waals surface area contributed by atoms with Gasteiger partial charge in [0.25, 0.3) is 5.91 Å². The summed E-state index contributed by atoms with van der Waals surface area (Å²) in [6, 6.07) is 18.4. The van der Waals surface area contributed by atoms with Crippen molar-refractivity contribution in [1.82, 2.24) is 10.3 Å². The maximum absolute atomic E-state index is 12.1. The van der Waals surface area contributed by atoms with Gasteiger partial charge in [0.05, 0.1) is 0 Å². The van der Waals surface area contributed by atoms with Crippen LogP contribution in [0.15, 0.2) is 54.6 Å². The Bertz CT molecular complexity index is 928. The number of ketones is 1. The minimum Gasteiger partial charge on any atom is -0.354 e. The normalized spacial score (nSPS) is 10.9. The molecular formula is C24H28N2O2. The number of aromatic amines is 1. The number of unbranched alkanes of at least 4 members (excludes halogenated alkanes) is 3. The molecule has 0 saturated heterocycles. The fourth-order valence-corrected chi connectivity index (χ4v) is 3.54. The van der Waals surface area contributed by atoms with Gasteiger partial charge in [0, 0.05) is 29.6 Å². The molecule has 0 aliphatic heterocycles. The molecule has 0 radical (unpaired) electrons. The van der Waals surface area contributed by atoms with E-state index in [-0.39, 0.29) is 5.78 Å². The summed E-state index contributed by atoms with van der Waals surface area (Å²) in [6.07, 6.45) is 5.04. The predicted molar refractivity (Wildman–Crippen MR) is 114 cm³/mol. The van der Waals surface area contributed by atoms with Crippen molar-refractivity contribution in [3.63, 3.8) is 0 Å². The molecule has 0 aliphatic carbocycles. The summed E-state index contributed by atoms with van der Waals surface area (Å²) in [4.78, 5) is 27.6. The van der Waals surface area contributed by atoms with Crippen LogP contribution in [0, 0.1) is 0 Å². The zero-order valence-electron chi connectivity index (χ0n) is 16.5. The number of benzene rings is 2. The highest BCUT2D eigenvalue weighted by atomic mass is 16.2. The third-order valence-electron chi connectivity index (χ3n) is 5.05. The number of Topliss-reactive ketones (excluding diaryl/α,β-unsaturated/α-hetero) is 1. The van der Waals surface area contributed by atoms with E-state index >= 15 is 0 Å². The molecule has 0 atom stereocenters. The smallest absolute Gasteiger partial charge is 0.287 e. The highest BCUT2D eigenvalue weighted by Crippen LogP contribution is 2.30. The molecule has 1 heterocycles. The van der Waals surface area contributed by atoms with E-state index in [2.05, 4.69) is 41.5 Å². The van der Waals surface area contributed by atoms with Crippen LogP contribution < -0.4 is 5.32 Å². The number of aromatic nitrogens is 1. The summed E-state index contributed by atoms with van der Waals surface area (Å²) < 4.78 is 0. The molecule has 0 unspecified atom stereocenters. The van der Waals surface area contributed by atoms with E-state index in [0.717, 1.165) is 53.4 Å². The third-order valence-corrected chi connectivity index (χ3v) is 5.05. The van der Waals surface area contributed by atoms with Gasteiger partial charge in [0.15, 0.2) is 0 Å². The van der Waals surface area contributed by atoms with E-state index in [9.17, 15) is 9.59 Å². The van der Waals surface area contributed by atoms with Crippen LogP contribution in [0.4, 0.5) is 0 Å². The quantitative estimate of drug-likeness (QED) is 0.385. The lowest BCUT2D eigenvalue weighted by molar-refractivity contribution is -0.137. The van der Waals surface area contributed by atoms with Gasteiger partial charge in [0.1, 0.15) is 0 Å². The van der Waals surface area contributed by atoms with E-state index in [4.69, 9.17) is 0 Å². The highest BCUT2D eigenvalue weighted by Gasteiger charge is 2.15. The van der Waals surface area contributed by atoms with Gasteiger partial charge in [-0.3, -0.25) is 9.59 Å². The molecule has 4 heteroatoms. The zero-order valence-corrected chi connectivity index (χ0v) is 16.5. The third kappa shape index (κ3) is 4.89. The van der Waals surface area contributed by atoms with E-state index in [1.165, 1.54) is 0 Å². The second kappa shape index (κ2) is 9.88. The Kier molecular flexibility index (Phi) is 7.01. The second-order valence-electron chi connectivity index (χ2n) is 7.13. The van der Waals surface area contributed by atoms with Crippen molar-refractivity contribution in [2.45, 2.75) is 45.4 Å². The van der Waals surface area contributed by atoms with Crippen molar-refractivity contribution < 1.29 is 9.59 Å². The Hall–Kier alpha value is -2.88. The maximum Gasteiger partial charge on any atom is 0.287 e. The van der Waals surface area contributed by atoms with Crippen molar-refractivity contribution in [1.29, 1.82) is 0 Å². The molecule has 0 spiro atoms. The minimum absolute atomic E-state index is 0.307. The predicted octanol–water partition coefficient (Wildman–Crippen LogP) is 5.03. The Balaban J connectivity index is 1.66. The Labute approximate surface area is 166 Å². The molecule has 0 fully saturated rings. The first-order valence-corrected chi connectivity index (χ1v) is 10.2. The molecule has 3 rings (SSSR count). The van der Waals surface area contributed by atoms with Crippen LogP contribution in [0.2, 0.25) is 0 Å². The van der Waals surface area contributed by atoms with Gasteiger partial charge in [-0.1, -0.05) is 74.7 Å². The number of amides is 1. The first-order chi connectivity index (χ1) is 13.7. The second-order valence-corrected chi connectivity index (χ2v) is 7.13. The topological polar surface area (TPSA) is 62.0 Å². The summed E-state index contributed by atoms with van der Waals surface area (Å²) in [5.41, 5.74) is 4.43. The van der Waals surface area contributed by atoms with Crippen LogP contribution in [-0.4, -0.2) is 23.2 Å². The van der Waals surface area contributed by atoms with Gasteiger partial charge in [-0.15, -0.1) is 0 Å². The van der Waals surface area contributed by atoms with Crippen molar-refractivity contribution in [2.24, 2.45) is 0 Å². The van der Waals surface area contributed by atoms with Crippen molar-refractivity contribution in [2.75, 3.05) is 6.54 Å². The van der Waals surface area contributed by atoms with Crippen LogP contribution in [0.3, 0.4) is 0 Å². The summed E-state index contributed by atoms with van der Waals surface area (Å²) in [5.74, 6) is -0.768. The van der Waals surface area contributed by atoms with E-state index in [1.807, 2.05) is 30.3 Å². The summed E-state index contributed by atoms with van der Waals surface area (Å²) in [5, 5.41) is 3.96. The molecule has 0 aliphatic rings. The van der Waals surface area contributed by atoms with Gasteiger partial charge in [-0.2, -0.15) is 0 Å². The zero-order chi connectivity index (χ0) is 19.8. The number of carbonyl (C=O) groups is 2. The summed E-state index contributed by atoms with van der Waals surface area (Å²) in [7, 11) is 0. The number of hydrogen-bond acceptors (Lipinski definition) is 2. The maximum atomic E-state index is 12.1. The number of carbonyl (C=O) groups excluding carboxylic acids is 2. The van der Waals surface area contributed by atoms with E-state index < -0.39 is 5.91 Å². The fourth-order valence-electron chi connectivity index (χ4n) is 3.54. The minimum atomic E-state index is -0.461. The van der Waals surface area contributed by atoms with Gasteiger partial charge in [-0.25, -0.2) is 0 Å². The Morgan fingerprint density at radius 2 is 1.68 bits per heavy atom. The average molecular weight is 377 g/mol. The molecule has 4 nitrogen and oxygen atoms in total. The average Bonchev–Trinajstić information content (AvgIpc) is 3.10. The number of rotatable bonds is 10. The number of hydrogen-bond donors (Lipinski definition) is 2. The van der Waals surface area contributed by atoms with Crippen molar-refractivity contribution in [3.8, 4) is 11.3 Å². The number of fused-ring (bicyclic) bond motifs is 1. The summed E-state index contributed by atoms with van der Waals surface area (Å²) >= 11 is 0. The lowest BCUT2D eigenvalue weighted by Gasteiger charge is -2.07. The molecule has 0 bridgehead atoms. The van der Waals surface area contributed by atoms with Gasteiger partial charge in [0.2, 0.25) is 5.78 Å². The monoisotopic (exact) mass is 376 g/mol. The number of para-hydroxylation sites is 1. The molecule has 1 aromatic heterocycles. The number of nitrogens with one attached hydrogen (secondary N) is 2. The van der Waals surface area contributed by atoms with Crippen LogP contribution >= 0.6 is 0 Å². The van der Waals surface area contributed by atoms with E-state index in [1.54, 1.807) is 0 Å². The first kappa shape index (κ1) is 19.9. The largest absolute Gasteiger partial charge is 0.354 e. The molecular weight excluding hydrogens is 348 g/mol. The number of H-pyrrole nitrogens is 1. The molecule has 2 N–H and O–H groups in total. The Morgan fingerprint density at radius 1 is 0.929 bits per heavy atom. The van der Waals surface area contributed by atoms with Crippen LogP contribution in [0.25, 0.3) is 22.2 Å². The van der Waals surface area contributed by atoms with Crippen LogP contribution in [-0.2, 0) is 16.0 Å². The first-order valence-electron chi connectivity index (χ1n) is 10.2. The summed E-state index contributed by atoms with van der Waals surface area (Å²) in [6.45, 7) is 2.57. The lowest BCUT2D eigenvalue weighted by atomic mass is 10.0. The van der Waals surface area contributed by atoms with Crippen LogP contribution in [0.1, 0.15) is 44.6 Å². The van der Waals surface area contributed by atoms with Gasteiger partial charge < -0.3 is 10.3 Å². The van der Waals surface area contributed by atoms with Crippen molar-refractivity contribution in [3.05, 3.63) is 60.2 Å². The molecule has 28 heavy (non-hydrogen) atoms. The molecule has 0 saturated carbocycles. The molecule has 2 aromatic carbocycles. The van der Waals surface area contributed by atoms with Crippen molar-refractivity contribution >= 4 is 22.6 Å². The van der Waals surface area contributed by atoms with E-state index in [0.29, 0.717) is 19.4 Å². The standard InChI is InChI=1S/C24H28N2O2/c1-2-3-4-8-15-22(27)24(28)25-17-16-20-19-13-9-10-14-21(19)26-23(20)18-11-6-5-7-12-18/h5-7,9-14,26H,2-4,8,15-17H2,1H3,(H,25,28). The SMILES string of the molecule is CCCCCCC(=O)C(=O)NCCc1c(-c2ccccc2)[nH]c2ccccc12. The lowest BCUT2D eigenvalue weighted by Crippen LogP contribution is -2.32. The van der Waals surface area contributed by atoms with Gasteiger partial charge in [-0.05, 0) is 30.0 Å². The van der Waals surface area contributed by atoms with Gasteiger partial charge >= 0.3 is 0 Å². The Morgan fingerprint density at radius 3 is 2.46 bits per heavy atom. The molecule has 1 amide bonds.